The van der Waals surface area contributed by atoms with Crippen LogP contribution in [0.3, 0.4) is 0 Å². The molecule has 0 saturated heterocycles. The van der Waals surface area contributed by atoms with Crippen molar-refractivity contribution < 1.29 is 9.18 Å². The molecule has 1 amide bonds. The Hall–Kier alpha value is -2.38. The van der Waals surface area contributed by atoms with Crippen molar-refractivity contribution in [2.75, 3.05) is 11.6 Å². The Labute approximate surface area is 177 Å². The molecule has 2 aromatic carbocycles. The number of anilines is 1. The Kier molecular flexibility index (Phi) is 5.87. The number of hydrogen-bond donors (Lipinski definition) is 1. The van der Waals surface area contributed by atoms with E-state index in [1.54, 1.807) is 18.2 Å². The zero-order valence-electron chi connectivity index (χ0n) is 15.9. The molecule has 0 spiro atoms. The number of nitrogens with one attached hydrogen (secondary N) is 1. The first kappa shape index (κ1) is 19.9. The van der Waals surface area contributed by atoms with Crippen molar-refractivity contribution in [3.8, 4) is 11.4 Å². The Morgan fingerprint density at radius 3 is 2.86 bits per heavy atom. The number of aromatic nitrogens is 3. The first-order valence-corrected chi connectivity index (χ1v) is 11.0. The van der Waals surface area contributed by atoms with Gasteiger partial charge in [0.25, 0.3) is 5.91 Å². The highest BCUT2D eigenvalue weighted by molar-refractivity contribution is 7.98. The van der Waals surface area contributed by atoms with Crippen molar-refractivity contribution in [1.82, 2.24) is 14.8 Å². The second-order valence-electron chi connectivity index (χ2n) is 6.90. The molecule has 0 fully saturated rings. The summed E-state index contributed by atoms with van der Waals surface area (Å²) < 4.78 is 16.6. The number of amides is 1. The lowest BCUT2D eigenvalue weighted by molar-refractivity contribution is 0.102. The average molecular weight is 431 g/mol. The Bertz CT molecular complexity index is 1070. The Morgan fingerprint density at radius 1 is 1.17 bits per heavy atom. The van der Waals surface area contributed by atoms with E-state index < -0.39 is 5.82 Å². The summed E-state index contributed by atoms with van der Waals surface area (Å²) in [5.41, 5.74) is 1.18. The minimum absolute atomic E-state index is 0.326. The van der Waals surface area contributed by atoms with E-state index in [0.29, 0.717) is 27.7 Å². The summed E-state index contributed by atoms with van der Waals surface area (Å²) in [6, 6.07) is 9.76. The fourth-order valence-corrected chi connectivity index (χ4v) is 4.11. The van der Waals surface area contributed by atoms with Gasteiger partial charge >= 0.3 is 0 Å². The van der Waals surface area contributed by atoms with Crippen LogP contribution in [0.25, 0.3) is 11.4 Å². The number of rotatable bonds is 4. The second kappa shape index (κ2) is 8.55. The number of halogens is 2. The molecule has 29 heavy (non-hydrogen) atoms. The number of carbonyl (C=O) groups excluding carboxylic acids is 1. The van der Waals surface area contributed by atoms with Gasteiger partial charge in [-0.25, -0.2) is 4.39 Å². The fraction of sp³-hybridized carbons (Fsp3) is 0.286. The van der Waals surface area contributed by atoms with E-state index in [1.807, 2.05) is 16.9 Å². The van der Waals surface area contributed by atoms with Crippen molar-refractivity contribution >= 4 is 35.0 Å². The zero-order valence-corrected chi connectivity index (χ0v) is 17.5. The van der Waals surface area contributed by atoms with Crippen LogP contribution >= 0.6 is 23.4 Å². The van der Waals surface area contributed by atoms with Gasteiger partial charge in [-0.2, -0.15) is 0 Å². The summed E-state index contributed by atoms with van der Waals surface area (Å²) in [7, 11) is 0. The average Bonchev–Trinajstić information content (AvgIpc) is 2.97. The number of aryl methyl sites for hydroxylation is 1. The maximum Gasteiger partial charge on any atom is 0.257 e. The zero-order chi connectivity index (χ0) is 20.4. The van der Waals surface area contributed by atoms with Crippen LogP contribution < -0.4 is 5.32 Å². The van der Waals surface area contributed by atoms with Crippen molar-refractivity contribution in [3.05, 3.63) is 58.6 Å². The minimum Gasteiger partial charge on any atom is -0.322 e. The van der Waals surface area contributed by atoms with E-state index in [-0.39, 0.29) is 5.91 Å². The van der Waals surface area contributed by atoms with Gasteiger partial charge in [-0.3, -0.25) is 4.79 Å². The van der Waals surface area contributed by atoms with Gasteiger partial charge in [0.15, 0.2) is 5.82 Å². The van der Waals surface area contributed by atoms with Crippen LogP contribution in [-0.4, -0.2) is 26.9 Å². The van der Waals surface area contributed by atoms with E-state index in [9.17, 15) is 9.18 Å². The summed E-state index contributed by atoms with van der Waals surface area (Å²) in [6.45, 7) is 0.769. The molecule has 4 rings (SSSR count). The molecule has 1 aliphatic rings. The molecule has 0 atom stereocenters. The largest absolute Gasteiger partial charge is 0.322 e. The third kappa shape index (κ3) is 4.16. The molecule has 150 valence electrons. The van der Waals surface area contributed by atoms with Gasteiger partial charge in [-0.05, 0) is 55.5 Å². The highest BCUT2D eigenvalue weighted by atomic mass is 35.5. The molecule has 5 nitrogen and oxygen atoms in total. The monoisotopic (exact) mass is 430 g/mol. The molecule has 0 bridgehead atoms. The first-order valence-electron chi connectivity index (χ1n) is 9.43. The van der Waals surface area contributed by atoms with E-state index in [4.69, 9.17) is 11.6 Å². The van der Waals surface area contributed by atoms with Gasteiger partial charge in [0.1, 0.15) is 11.6 Å². The van der Waals surface area contributed by atoms with Crippen molar-refractivity contribution in [1.29, 1.82) is 0 Å². The number of carbonyl (C=O) groups is 1. The van der Waals surface area contributed by atoms with Gasteiger partial charge in [0.2, 0.25) is 0 Å². The predicted molar refractivity (Wildman–Crippen MR) is 114 cm³/mol. The third-order valence-electron chi connectivity index (χ3n) is 4.99. The number of fused-ring (bicyclic) bond motifs is 1. The maximum absolute atomic E-state index is 14.6. The molecule has 1 N–H and O–H groups in total. The highest BCUT2D eigenvalue weighted by Crippen LogP contribution is 2.29. The Morgan fingerprint density at radius 2 is 2.03 bits per heavy atom. The van der Waals surface area contributed by atoms with Crippen molar-refractivity contribution in [3.63, 3.8) is 0 Å². The van der Waals surface area contributed by atoms with Crippen LogP contribution in [0.5, 0.6) is 0 Å². The van der Waals surface area contributed by atoms with E-state index in [2.05, 4.69) is 15.5 Å². The molecule has 1 aromatic heterocycles. The summed E-state index contributed by atoms with van der Waals surface area (Å²) in [5.74, 6) is 0.637. The molecule has 0 radical (unpaired) electrons. The topological polar surface area (TPSA) is 59.8 Å². The lowest BCUT2D eigenvalue weighted by Crippen LogP contribution is -2.13. The molecule has 3 aromatic rings. The van der Waals surface area contributed by atoms with Crippen LogP contribution in [0.4, 0.5) is 10.1 Å². The van der Waals surface area contributed by atoms with Crippen molar-refractivity contribution in [2.45, 2.75) is 37.1 Å². The summed E-state index contributed by atoms with van der Waals surface area (Å²) in [5, 5.41) is 11.6. The van der Waals surface area contributed by atoms with Crippen LogP contribution in [0.1, 0.15) is 35.4 Å². The van der Waals surface area contributed by atoms with E-state index in [0.717, 1.165) is 42.9 Å². The number of nitrogens with zero attached hydrogens (tertiary/aromatic N) is 3. The van der Waals surface area contributed by atoms with E-state index >= 15 is 0 Å². The minimum atomic E-state index is -0.398. The Balaban J connectivity index is 1.65. The number of hydrogen-bond acceptors (Lipinski definition) is 4. The lowest BCUT2D eigenvalue weighted by Gasteiger charge is -2.11. The molecular weight excluding hydrogens is 411 g/mol. The summed E-state index contributed by atoms with van der Waals surface area (Å²) >= 11 is 7.72. The molecule has 8 heteroatoms. The van der Waals surface area contributed by atoms with Gasteiger partial charge in [0, 0.05) is 23.5 Å². The van der Waals surface area contributed by atoms with Gasteiger partial charge < -0.3 is 9.88 Å². The van der Waals surface area contributed by atoms with E-state index in [1.165, 1.54) is 23.9 Å². The number of thioether (sulfide) groups is 1. The molecular formula is C21H20ClFN4OS. The number of benzene rings is 2. The predicted octanol–water partition coefficient (Wildman–Crippen LogP) is 5.44. The van der Waals surface area contributed by atoms with Crippen LogP contribution in [0.15, 0.2) is 41.3 Å². The second-order valence-corrected chi connectivity index (χ2v) is 8.18. The first-order chi connectivity index (χ1) is 14.1. The van der Waals surface area contributed by atoms with Crippen LogP contribution in [0, 0.1) is 5.82 Å². The van der Waals surface area contributed by atoms with Gasteiger partial charge in [-0.15, -0.1) is 22.0 Å². The normalized spacial score (nSPS) is 13.6. The molecule has 0 aliphatic carbocycles. The third-order valence-corrected chi connectivity index (χ3v) is 6.05. The molecule has 1 aliphatic heterocycles. The molecule has 0 unspecified atom stereocenters. The van der Waals surface area contributed by atoms with Crippen LogP contribution in [0.2, 0.25) is 5.02 Å². The maximum atomic E-state index is 14.6. The van der Waals surface area contributed by atoms with Crippen LogP contribution in [-0.2, 0) is 13.0 Å². The lowest BCUT2D eigenvalue weighted by atomic mass is 10.1. The molecule has 0 saturated carbocycles. The summed E-state index contributed by atoms with van der Waals surface area (Å²) in [4.78, 5) is 13.7. The quantitative estimate of drug-likeness (QED) is 0.560. The highest BCUT2D eigenvalue weighted by Gasteiger charge is 2.20. The SMILES string of the molecule is CSc1ccc(Cl)c(C(=O)Nc2ccc(F)c(-c3nnc4n3CCCCC4)c2)c1. The van der Waals surface area contributed by atoms with Gasteiger partial charge in [-0.1, -0.05) is 18.0 Å². The van der Waals surface area contributed by atoms with Gasteiger partial charge in [0.05, 0.1) is 16.1 Å². The van der Waals surface area contributed by atoms with Crippen molar-refractivity contribution in [2.24, 2.45) is 0 Å². The molecule has 2 heterocycles. The smallest absolute Gasteiger partial charge is 0.257 e. The summed E-state index contributed by atoms with van der Waals surface area (Å²) in [6.07, 6.45) is 5.97. The fourth-order valence-electron chi connectivity index (χ4n) is 3.46. The standard InChI is InChI=1S/C21H20ClFN4OS/c1-29-14-7-8-17(22)15(12-14)21(28)24-13-6-9-18(23)16(11-13)20-26-25-19-5-3-2-4-10-27(19)20/h6-9,11-12H,2-5,10H2,1H3,(H,24,28).